The van der Waals surface area contributed by atoms with Gasteiger partial charge < -0.3 is 10.6 Å². The molecule has 0 saturated carbocycles. The van der Waals surface area contributed by atoms with E-state index in [1.54, 1.807) is 19.1 Å². The number of aliphatic imine (C=N–C) groups is 1. The van der Waals surface area contributed by atoms with Crippen molar-refractivity contribution in [2.24, 2.45) is 4.99 Å². The van der Waals surface area contributed by atoms with Gasteiger partial charge in [0.05, 0.1) is 18.7 Å². The number of hydrogen-bond acceptors (Lipinski definition) is 3. The molecule has 1 aromatic carbocycles. The first-order valence-electron chi connectivity index (χ1n) is 7.82. The van der Waals surface area contributed by atoms with Gasteiger partial charge in [0.2, 0.25) is 10.0 Å². The number of halogens is 4. The first kappa shape index (κ1) is 24.9. The second kappa shape index (κ2) is 12.3. The second-order valence-corrected chi connectivity index (χ2v) is 7.10. The molecule has 0 aliphatic rings. The van der Waals surface area contributed by atoms with Crippen molar-refractivity contribution in [1.29, 1.82) is 0 Å². The molecule has 0 spiro atoms. The lowest BCUT2D eigenvalue weighted by Crippen LogP contribution is -2.41. The lowest BCUT2D eigenvalue weighted by atomic mass is 10.2. The van der Waals surface area contributed by atoms with Crippen molar-refractivity contribution in [3.05, 3.63) is 35.9 Å². The van der Waals surface area contributed by atoms with E-state index in [9.17, 15) is 21.6 Å². The van der Waals surface area contributed by atoms with E-state index < -0.39 is 29.2 Å². The maximum absolute atomic E-state index is 12.1. The maximum atomic E-state index is 12.1. The van der Waals surface area contributed by atoms with E-state index in [4.69, 9.17) is 0 Å². The van der Waals surface area contributed by atoms with Crippen LogP contribution in [0.2, 0.25) is 0 Å². The van der Waals surface area contributed by atoms with Gasteiger partial charge in [-0.05, 0) is 12.5 Å². The quantitative estimate of drug-likeness (QED) is 0.272. The van der Waals surface area contributed by atoms with E-state index in [1.165, 1.54) is 0 Å². The molecule has 150 valence electrons. The van der Waals surface area contributed by atoms with Gasteiger partial charge in [0.25, 0.3) is 0 Å². The smallest absolute Gasteiger partial charge is 0.357 e. The number of hydrogen-bond donors (Lipinski definition) is 3. The fourth-order valence-electron chi connectivity index (χ4n) is 1.80. The van der Waals surface area contributed by atoms with Crippen LogP contribution in [-0.4, -0.2) is 45.9 Å². The lowest BCUT2D eigenvalue weighted by molar-refractivity contribution is -0.132. The molecule has 11 heteroatoms. The van der Waals surface area contributed by atoms with Gasteiger partial charge in [-0.3, -0.25) is 4.99 Å². The van der Waals surface area contributed by atoms with E-state index in [2.05, 4.69) is 20.3 Å². The van der Waals surface area contributed by atoms with Crippen molar-refractivity contribution in [3.63, 3.8) is 0 Å². The Labute approximate surface area is 169 Å². The highest BCUT2D eigenvalue weighted by Crippen LogP contribution is 2.18. The third kappa shape index (κ3) is 12.3. The van der Waals surface area contributed by atoms with Crippen LogP contribution in [0.25, 0.3) is 0 Å². The van der Waals surface area contributed by atoms with Crippen molar-refractivity contribution in [3.8, 4) is 0 Å². The first-order valence-corrected chi connectivity index (χ1v) is 9.47. The van der Waals surface area contributed by atoms with E-state index in [0.717, 1.165) is 5.56 Å². The largest absolute Gasteiger partial charge is 0.390 e. The Morgan fingerprint density at radius 1 is 1.15 bits per heavy atom. The van der Waals surface area contributed by atoms with Crippen molar-refractivity contribution >= 4 is 40.0 Å². The molecular formula is C15H24F3IN4O2S. The molecule has 1 rings (SSSR count). The molecule has 0 amide bonds. The highest BCUT2D eigenvalue weighted by molar-refractivity contribution is 14.0. The van der Waals surface area contributed by atoms with Crippen LogP contribution in [0, 0.1) is 0 Å². The summed E-state index contributed by atoms with van der Waals surface area (Å²) in [5, 5.41) is 5.48. The normalized spacial score (nSPS) is 12.4. The van der Waals surface area contributed by atoms with Crippen LogP contribution in [0.4, 0.5) is 13.2 Å². The Kier molecular flexibility index (Phi) is 11.8. The van der Waals surface area contributed by atoms with Crippen molar-refractivity contribution < 1.29 is 21.6 Å². The summed E-state index contributed by atoms with van der Waals surface area (Å²) >= 11 is 0. The molecule has 6 nitrogen and oxygen atoms in total. The maximum Gasteiger partial charge on any atom is 0.390 e. The molecule has 0 aliphatic carbocycles. The molecule has 0 heterocycles. The zero-order valence-corrected chi connectivity index (χ0v) is 17.5. The predicted molar refractivity (Wildman–Crippen MR) is 107 cm³/mol. The minimum atomic E-state index is -4.27. The molecule has 0 saturated heterocycles. The third-order valence-electron chi connectivity index (χ3n) is 3.01. The van der Waals surface area contributed by atoms with Gasteiger partial charge in [0, 0.05) is 19.6 Å². The molecule has 0 aliphatic heterocycles. The Bertz CT molecular complexity index is 640. The molecule has 0 aromatic heterocycles. The summed E-state index contributed by atoms with van der Waals surface area (Å²) in [6, 6.07) is 9.06. The third-order valence-corrected chi connectivity index (χ3v) is 4.34. The highest BCUT2D eigenvalue weighted by atomic mass is 127. The van der Waals surface area contributed by atoms with Crippen LogP contribution < -0.4 is 15.4 Å². The number of nitrogens with zero attached hydrogens (tertiary/aromatic N) is 1. The summed E-state index contributed by atoms with van der Waals surface area (Å²) in [6.07, 6.45) is -5.30. The molecule has 0 bridgehead atoms. The van der Waals surface area contributed by atoms with Gasteiger partial charge in [0.1, 0.15) is 0 Å². The summed E-state index contributed by atoms with van der Waals surface area (Å²) in [5.41, 5.74) is 0.834. The second-order valence-electron chi connectivity index (χ2n) is 5.18. The molecule has 0 atom stereocenters. The average molecular weight is 508 g/mol. The summed E-state index contributed by atoms with van der Waals surface area (Å²) in [4.78, 5) is 3.77. The van der Waals surface area contributed by atoms with Crippen LogP contribution in [0.3, 0.4) is 0 Å². The number of alkyl halides is 3. The summed E-state index contributed by atoms with van der Waals surface area (Å²) in [6.45, 7) is 2.01. The monoisotopic (exact) mass is 508 g/mol. The zero-order valence-electron chi connectivity index (χ0n) is 14.3. The minimum absolute atomic E-state index is 0. The zero-order chi connectivity index (χ0) is 18.8. The predicted octanol–water partition coefficient (Wildman–Crippen LogP) is 2.23. The number of benzene rings is 1. The Morgan fingerprint density at radius 2 is 1.81 bits per heavy atom. The van der Waals surface area contributed by atoms with Crippen molar-refractivity contribution in [2.45, 2.75) is 26.1 Å². The van der Waals surface area contributed by atoms with E-state index in [-0.39, 0.29) is 48.8 Å². The topological polar surface area (TPSA) is 82.6 Å². The molecular weight excluding hydrogens is 484 g/mol. The fourth-order valence-corrected chi connectivity index (χ4v) is 2.70. The molecule has 26 heavy (non-hydrogen) atoms. The van der Waals surface area contributed by atoms with Gasteiger partial charge in [-0.15, -0.1) is 24.0 Å². The summed E-state index contributed by atoms with van der Waals surface area (Å²) < 4.78 is 62.7. The minimum Gasteiger partial charge on any atom is -0.357 e. The average Bonchev–Trinajstić information content (AvgIpc) is 2.53. The number of nitrogens with one attached hydrogen (secondary N) is 3. The lowest BCUT2D eigenvalue weighted by Gasteiger charge is -2.12. The summed E-state index contributed by atoms with van der Waals surface area (Å²) in [7, 11) is -3.51. The first-order chi connectivity index (χ1) is 11.7. The van der Waals surface area contributed by atoms with Gasteiger partial charge >= 0.3 is 6.18 Å². The fraction of sp³-hybridized carbons (Fsp3) is 0.533. The highest BCUT2D eigenvalue weighted by Gasteiger charge is 2.26. The van der Waals surface area contributed by atoms with Gasteiger partial charge in [-0.1, -0.05) is 30.3 Å². The van der Waals surface area contributed by atoms with Crippen LogP contribution in [-0.2, 0) is 16.6 Å². The summed E-state index contributed by atoms with van der Waals surface area (Å²) in [5.74, 6) is -0.0613. The standard InChI is InChI=1S/C15H23F3N4O2S.HI/c1-2-19-14(20-9-8-15(16,17)18)21-10-11-25(23,24)22-12-13-6-4-3-5-7-13;/h3-7,22H,2,8-12H2,1H3,(H2,19,20,21);1H. The van der Waals surface area contributed by atoms with Crippen molar-refractivity contribution in [2.75, 3.05) is 25.4 Å². The molecule has 0 radical (unpaired) electrons. The van der Waals surface area contributed by atoms with E-state index >= 15 is 0 Å². The van der Waals surface area contributed by atoms with Crippen LogP contribution >= 0.6 is 24.0 Å². The molecule has 1 aromatic rings. The Morgan fingerprint density at radius 3 is 2.38 bits per heavy atom. The van der Waals surface area contributed by atoms with Gasteiger partial charge in [-0.2, -0.15) is 13.2 Å². The van der Waals surface area contributed by atoms with E-state index in [0.29, 0.717) is 6.54 Å². The Hall–Kier alpha value is -1.08. The molecule has 0 unspecified atom stereocenters. The number of guanidine groups is 1. The van der Waals surface area contributed by atoms with Gasteiger partial charge in [-0.25, -0.2) is 13.1 Å². The Balaban J connectivity index is 0.00000625. The number of rotatable bonds is 9. The number of sulfonamides is 1. The molecule has 3 N–H and O–H groups in total. The van der Waals surface area contributed by atoms with Crippen LogP contribution in [0.15, 0.2) is 35.3 Å². The SMILES string of the molecule is CCNC(=NCCC(F)(F)F)NCCS(=O)(=O)NCc1ccccc1.I. The van der Waals surface area contributed by atoms with Crippen LogP contribution in [0.1, 0.15) is 18.9 Å². The van der Waals surface area contributed by atoms with E-state index in [1.807, 2.05) is 18.2 Å². The van der Waals surface area contributed by atoms with Crippen molar-refractivity contribution in [1.82, 2.24) is 15.4 Å². The van der Waals surface area contributed by atoms with Gasteiger partial charge in [0.15, 0.2) is 5.96 Å². The van der Waals surface area contributed by atoms with Crippen LogP contribution in [0.5, 0.6) is 0 Å². The molecule has 0 fully saturated rings.